The molecule has 0 bridgehead atoms. The number of ether oxygens (including phenoxy) is 1. The number of hydrogen-bond acceptors (Lipinski definition) is 4. The van der Waals surface area contributed by atoms with Crippen molar-refractivity contribution in [3.63, 3.8) is 0 Å². The molecule has 0 amide bonds. The number of carbonyl (C=O) groups is 2. The molecule has 4 rings (SSSR count). The molecule has 0 saturated carbocycles. The van der Waals surface area contributed by atoms with Gasteiger partial charge in [-0.15, -0.1) is 11.3 Å². The van der Waals surface area contributed by atoms with Crippen LogP contribution >= 0.6 is 11.3 Å². The van der Waals surface area contributed by atoms with Crippen LogP contribution in [0.4, 0.5) is 0 Å². The van der Waals surface area contributed by atoms with Gasteiger partial charge < -0.3 is 9.72 Å². The molecule has 0 spiro atoms. The van der Waals surface area contributed by atoms with Gasteiger partial charge in [0.2, 0.25) is 5.78 Å². The molecule has 1 aromatic carbocycles. The number of ketones is 1. The summed E-state index contributed by atoms with van der Waals surface area (Å²) < 4.78 is 5.36. The van der Waals surface area contributed by atoms with E-state index in [0.29, 0.717) is 16.4 Å². The lowest BCUT2D eigenvalue weighted by Gasteiger charge is -2.19. The molecule has 1 aliphatic rings. The van der Waals surface area contributed by atoms with E-state index in [4.69, 9.17) is 4.74 Å². The maximum atomic E-state index is 12.7. The number of hydrogen-bond donors (Lipinski definition) is 1. The third kappa shape index (κ3) is 3.44. The number of carbonyl (C=O) groups excluding carboxylic acids is 2. The molecule has 0 radical (unpaired) electrons. The first kappa shape index (κ1) is 18.0. The van der Waals surface area contributed by atoms with Crippen LogP contribution in [0.1, 0.15) is 55.9 Å². The van der Waals surface area contributed by atoms with Gasteiger partial charge in [-0.3, -0.25) is 4.79 Å². The van der Waals surface area contributed by atoms with Gasteiger partial charge in [0.1, 0.15) is 4.88 Å². The van der Waals surface area contributed by atoms with Crippen molar-refractivity contribution in [2.45, 2.75) is 39.5 Å². The second-order valence-electron chi connectivity index (χ2n) is 7.25. The smallest absolute Gasteiger partial charge is 0.348 e. The summed E-state index contributed by atoms with van der Waals surface area (Å²) >= 11 is 1.52. The van der Waals surface area contributed by atoms with Gasteiger partial charge in [-0.05, 0) is 49.8 Å². The first-order valence-electron chi connectivity index (χ1n) is 9.46. The highest BCUT2D eigenvalue weighted by Gasteiger charge is 2.23. The highest BCUT2D eigenvalue weighted by Crippen LogP contribution is 2.34. The summed E-state index contributed by atoms with van der Waals surface area (Å²) in [6.07, 6.45) is 4.45. The van der Waals surface area contributed by atoms with Crippen LogP contribution in [0.2, 0.25) is 0 Å². The standard InChI is InChI=1S/C22H23NO3S/c1-3-14-8-9-19-15(10-14)11-20(27-19)22(25)26-12-18(24)21-13(2)23-17-7-5-4-6-16(17)21/h4-7,11,14,23H,3,8-10,12H2,1-2H3/t14-/m0/s1. The summed E-state index contributed by atoms with van der Waals surface area (Å²) in [7, 11) is 0. The van der Waals surface area contributed by atoms with Crippen molar-refractivity contribution >= 4 is 34.0 Å². The number of aromatic amines is 1. The Bertz CT molecular complexity index is 1010. The van der Waals surface area contributed by atoms with Gasteiger partial charge in [0.15, 0.2) is 6.61 Å². The number of benzene rings is 1. The zero-order valence-corrected chi connectivity index (χ0v) is 16.4. The van der Waals surface area contributed by atoms with E-state index in [1.165, 1.54) is 34.6 Å². The number of nitrogens with one attached hydrogen (secondary N) is 1. The van der Waals surface area contributed by atoms with Gasteiger partial charge in [-0.2, -0.15) is 0 Å². The number of rotatable bonds is 5. The molecule has 5 heteroatoms. The van der Waals surface area contributed by atoms with Gasteiger partial charge in [0, 0.05) is 27.0 Å². The lowest BCUT2D eigenvalue weighted by molar-refractivity contribution is 0.0479. The van der Waals surface area contributed by atoms with Crippen LogP contribution in [0.25, 0.3) is 10.9 Å². The third-order valence-corrected chi connectivity index (χ3v) is 6.69. The highest BCUT2D eigenvalue weighted by molar-refractivity contribution is 7.14. The molecular weight excluding hydrogens is 358 g/mol. The van der Waals surface area contributed by atoms with E-state index in [1.54, 1.807) is 0 Å². The number of fused-ring (bicyclic) bond motifs is 2. The fourth-order valence-electron chi connectivity index (χ4n) is 3.96. The fraction of sp³-hybridized carbons (Fsp3) is 0.364. The monoisotopic (exact) mass is 381 g/mol. The molecule has 1 N–H and O–H groups in total. The number of Topliss-reactive ketones (excluding diaryl/α,β-unsaturated/α-hetero) is 1. The van der Waals surface area contributed by atoms with Crippen LogP contribution in [-0.2, 0) is 17.6 Å². The quantitative estimate of drug-likeness (QED) is 0.494. The Morgan fingerprint density at radius 3 is 2.93 bits per heavy atom. The molecule has 1 atom stereocenters. The Balaban J connectivity index is 1.46. The number of thiophene rings is 1. The fourth-order valence-corrected chi connectivity index (χ4v) is 5.06. The first-order valence-corrected chi connectivity index (χ1v) is 10.3. The molecule has 0 fully saturated rings. The normalized spacial score (nSPS) is 16.3. The lowest BCUT2D eigenvalue weighted by Crippen LogP contribution is -2.14. The Labute approximate surface area is 162 Å². The van der Waals surface area contributed by atoms with Crippen molar-refractivity contribution in [3.05, 3.63) is 56.9 Å². The Kier molecular flexibility index (Phi) is 4.87. The zero-order valence-electron chi connectivity index (χ0n) is 15.6. The Hall–Kier alpha value is -2.40. The maximum absolute atomic E-state index is 12.7. The van der Waals surface area contributed by atoms with Crippen LogP contribution < -0.4 is 0 Å². The summed E-state index contributed by atoms with van der Waals surface area (Å²) in [6, 6.07) is 9.63. The topological polar surface area (TPSA) is 59.2 Å². The Morgan fingerprint density at radius 1 is 1.30 bits per heavy atom. The number of esters is 1. The molecule has 0 aliphatic heterocycles. The van der Waals surface area contributed by atoms with Crippen molar-refractivity contribution in [2.24, 2.45) is 5.92 Å². The summed E-state index contributed by atoms with van der Waals surface area (Å²) in [6.45, 7) is 3.85. The molecular formula is C22H23NO3S. The van der Waals surface area contributed by atoms with E-state index in [0.717, 1.165) is 29.4 Å². The third-order valence-electron chi connectivity index (χ3n) is 5.47. The lowest BCUT2D eigenvalue weighted by atomic mass is 9.87. The van der Waals surface area contributed by atoms with E-state index in [-0.39, 0.29) is 12.4 Å². The zero-order chi connectivity index (χ0) is 19.0. The molecule has 4 nitrogen and oxygen atoms in total. The minimum atomic E-state index is -0.395. The van der Waals surface area contributed by atoms with Gasteiger partial charge in [-0.25, -0.2) is 4.79 Å². The first-order chi connectivity index (χ1) is 13.1. The van der Waals surface area contributed by atoms with Crippen LogP contribution in [-0.4, -0.2) is 23.3 Å². The van der Waals surface area contributed by atoms with E-state index in [1.807, 2.05) is 37.3 Å². The minimum absolute atomic E-state index is 0.175. The van der Waals surface area contributed by atoms with E-state index in [9.17, 15) is 9.59 Å². The van der Waals surface area contributed by atoms with Crippen molar-refractivity contribution < 1.29 is 14.3 Å². The van der Waals surface area contributed by atoms with Gasteiger partial charge in [0.05, 0.1) is 0 Å². The molecule has 0 saturated heterocycles. The largest absolute Gasteiger partial charge is 0.453 e. The van der Waals surface area contributed by atoms with E-state index >= 15 is 0 Å². The molecule has 27 heavy (non-hydrogen) atoms. The SMILES string of the molecule is CC[C@H]1CCc2sc(C(=O)OCC(=O)c3c(C)[nH]c4ccccc34)cc2C1. The van der Waals surface area contributed by atoms with E-state index < -0.39 is 5.97 Å². The summed E-state index contributed by atoms with van der Waals surface area (Å²) in [5, 5.41) is 0.869. The minimum Gasteiger partial charge on any atom is -0.453 e. The van der Waals surface area contributed by atoms with Crippen molar-refractivity contribution in [3.8, 4) is 0 Å². The van der Waals surface area contributed by atoms with Crippen LogP contribution in [0.5, 0.6) is 0 Å². The average molecular weight is 381 g/mol. The summed E-state index contributed by atoms with van der Waals surface area (Å²) in [4.78, 5) is 30.2. The second-order valence-corrected chi connectivity index (χ2v) is 8.38. The van der Waals surface area contributed by atoms with Gasteiger partial charge in [0.25, 0.3) is 0 Å². The predicted molar refractivity (Wildman–Crippen MR) is 108 cm³/mol. The summed E-state index contributed by atoms with van der Waals surface area (Å²) in [5.74, 6) is 0.140. The molecule has 1 aliphatic carbocycles. The van der Waals surface area contributed by atoms with Crippen molar-refractivity contribution in [2.75, 3.05) is 6.61 Å². The maximum Gasteiger partial charge on any atom is 0.348 e. The predicted octanol–water partition coefficient (Wildman–Crippen LogP) is 5.09. The molecule has 2 aromatic heterocycles. The van der Waals surface area contributed by atoms with Gasteiger partial charge >= 0.3 is 5.97 Å². The number of para-hydroxylation sites is 1. The van der Waals surface area contributed by atoms with Gasteiger partial charge in [-0.1, -0.05) is 31.5 Å². The second kappa shape index (κ2) is 7.31. The molecule has 140 valence electrons. The number of aromatic nitrogens is 1. The molecule has 0 unspecified atom stereocenters. The molecule has 3 aromatic rings. The summed E-state index contributed by atoms with van der Waals surface area (Å²) in [5.41, 5.74) is 3.61. The highest BCUT2D eigenvalue weighted by atomic mass is 32.1. The molecule has 2 heterocycles. The van der Waals surface area contributed by atoms with Crippen LogP contribution in [0, 0.1) is 12.8 Å². The Morgan fingerprint density at radius 2 is 2.11 bits per heavy atom. The van der Waals surface area contributed by atoms with Crippen LogP contribution in [0.15, 0.2) is 30.3 Å². The van der Waals surface area contributed by atoms with E-state index in [2.05, 4.69) is 11.9 Å². The number of H-pyrrole nitrogens is 1. The number of aryl methyl sites for hydroxylation is 2. The van der Waals surface area contributed by atoms with Crippen molar-refractivity contribution in [1.82, 2.24) is 4.98 Å². The van der Waals surface area contributed by atoms with Crippen molar-refractivity contribution in [1.29, 1.82) is 0 Å². The average Bonchev–Trinajstić information content (AvgIpc) is 3.25. The van der Waals surface area contributed by atoms with Crippen LogP contribution in [0.3, 0.4) is 0 Å².